The van der Waals surface area contributed by atoms with Gasteiger partial charge in [-0.1, -0.05) is 0 Å². The van der Waals surface area contributed by atoms with Crippen LogP contribution in [0.5, 0.6) is 0 Å². The molecule has 8 nitrogen and oxygen atoms in total. The summed E-state index contributed by atoms with van der Waals surface area (Å²) < 4.78 is 0. The second-order valence-corrected chi connectivity index (χ2v) is 6.38. The van der Waals surface area contributed by atoms with Crippen molar-refractivity contribution in [2.24, 2.45) is 0 Å². The first-order chi connectivity index (χ1) is 12.6. The molecule has 26 heavy (non-hydrogen) atoms. The Hall–Kier alpha value is -2.90. The number of aromatic amines is 1. The second-order valence-electron chi connectivity index (χ2n) is 6.38. The molecule has 0 aromatic carbocycles. The van der Waals surface area contributed by atoms with Crippen LogP contribution in [0, 0.1) is 0 Å². The van der Waals surface area contributed by atoms with Crippen LogP contribution in [-0.2, 0) is 19.3 Å². The van der Waals surface area contributed by atoms with Crippen LogP contribution in [0.15, 0.2) is 29.3 Å². The molecule has 138 valence electrons. The number of carbonyl (C=O) groups excluding carboxylic acids is 1. The summed E-state index contributed by atoms with van der Waals surface area (Å²) >= 11 is 0. The summed E-state index contributed by atoms with van der Waals surface area (Å²) in [5.41, 5.74) is 2.54. The van der Waals surface area contributed by atoms with E-state index in [-0.39, 0.29) is 11.6 Å². The minimum atomic E-state index is -0.121. The maximum atomic E-state index is 12.5. The molecule has 8 heteroatoms. The lowest BCUT2D eigenvalue weighted by atomic mass is 10.1. The Bertz CT molecular complexity index is 820. The molecule has 0 spiro atoms. The standard InChI is InChI=1S/C18H24N6O2/c1-19-18(26)24-11-6-14-15(7-12-24)21-17(22-16(14)25)23(2)10-5-13-3-8-20-9-4-13/h3-4,8-9H,5-7,10-12H2,1-2H3,(H,19,26)(H,21,22,25). The highest BCUT2D eigenvalue weighted by Crippen LogP contribution is 2.14. The molecule has 3 rings (SSSR count). The largest absolute Gasteiger partial charge is 0.345 e. The van der Waals surface area contributed by atoms with Gasteiger partial charge in [0.2, 0.25) is 5.95 Å². The van der Waals surface area contributed by atoms with Gasteiger partial charge in [-0.25, -0.2) is 9.78 Å². The number of nitrogens with zero attached hydrogens (tertiary/aromatic N) is 4. The van der Waals surface area contributed by atoms with Crippen LogP contribution >= 0.6 is 0 Å². The van der Waals surface area contributed by atoms with Crippen LogP contribution in [0.3, 0.4) is 0 Å². The van der Waals surface area contributed by atoms with E-state index >= 15 is 0 Å². The molecule has 2 N–H and O–H groups in total. The van der Waals surface area contributed by atoms with E-state index in [2.05, 4.69) is 20.3 Å². The number of fused-ring (bicyclic) bond motifs is 1. The Morgan fingerprint density at radius 2 is 2.04 bits per heavy atom. The normalized spacial score (nSPS) is 13.7. The van der Waals surface area contributed by atoms with E-state index in [1.807, 2.05) is 24.1 Å². The van der Waals surface area contributed by atoms with Gasteiger partial charge in [0.1, 0.15) is 0 Å². The highest BCUT2D eigenvalue weighted by molar-refractivity contribution is 5.73. The molecule has 0 saturated heterocycles. The van der Waals surface area contributed by atoms with E-state index in [1.165, 1.54) is 5.56 Å². The van der Waals surface area contributed by atoms with Crippen LogP contribution in [0.4, 0.5) is 10.7 Å². The van der Waals surface area contributed by atoms with Gasteiger partial charge in [-0.3, -0.25) is 14.8 Å². The van der Waals surface area contributed by atoms with E-state index in [0.29, 0.717) is 37.4 Å². The zero-order valence-corrected chi connectivity index (χ0v) is 15.2. The monoisotopic (exact) mass is 356 g/mol. The Labute approximate surface area is 152 Å². The topological polar surface area (TPSA) is 94.2 Å². The molecule has 2 aromatic rings. The molecule has 3 heterocycles. The number of hydrogen-bond acceptors (Lipinski definition) is 5. The van der Waals surface area contributed by atoms with Gasteiger partial charge in [-0.15, -0.1) is 0 Å². The number of nitrogens with one attached hydrogen (secondary N) is 2. The Morgan fingerprint density at radius 1 is 1.31 bits per heavy atom. The van der Waals surface area contributed by atoms with Crippen molar-refractivity contribution in [3.8, 4) is 0 Å². The molecule has 0 fully saturated rings. The van der Waals surface area contributed by atoms with E-state index < -0.39 is 0 Å². The molecule has 0 aliphatic carbocycles. The van der Waals surface area contributed by atoms with Crippen molar-refractivity contribution in [1.29, 1.82) is 0 Å². The lowest BCUT2D eigenvalue weighted by Gasteiger charge is -2.19. The fourth-order valence-corrected chi connectivity index (χ4v) is 3.09. The third-order valence-electron chi connectivity index (χ3n) is 4.69. The van der Waals surface area contributed by atoms with Crippen LogP contribution in [0.2, 0.25) is 0 Å². The SMILES string of the molecule is CNC(=O)N1CCc2nc(N(C)CCc3ccncc3)[nH]c(=O)c2CC1. The number of aromatic nitrogens is 3. The number of rotatable bonds is 4. The molecular formula is C18H24N6O2. The molecule has 0 bridgehead atoms. The van der Waals surface area contributed by atoms with Crippen molar-refractivity contribution in [2.45, 2.75) is 19.3 Å². The second kappa shape index (κ2) is 7.99. The summed E-state index contributed by atoms with van der Waals surface area (Å²) in [6, 6.07) is 3.84. The number of anilines is 1. The molecule has 0 radical (unpaired) electrons. The summed E-state index contributed by atoms with van der Waals surface area (Å²) in [6.45, 7) is 1.81. The van der Waals surface area contributed by atoms with E-state index in [0.717, 1.165) is 18.7 Å². The van der Waals surface area contributed by atoms with Crippen LogP contribution < -0.4 is 15.8 Å². The first-order valence-corrected chi connectivity index (χ1v) is 8.77. The summed E-state index contributed by atoms with van der Waals surface area (Å²) in [7, 11) is 3.53. The lowest BCUT2D eigenvalue weighted by molar-refractivity contribution is 0.202. The Morgan fingerprint density at radius 3 is 2.77 bits per heavy atom. The number of amides is 2. The number of likely N-dealkylation sites (N-methyl/N-ethyl adjacent to an activating group) is 1. The average molecular weight is 356 g/mol. The summed E-state index contributed by atoms with van der Waals surface area (Å²) in [5, 5.41) is 2.63. The van der Waals surface area contributed by atoms with Crippen LogP contribution in [0.25, 0.3) is 0 Å². The van der Waals surface area contributed by atoms with Crippen molar-refractivity contribution < 1.29 is 4.79 Å². The van der Waals surface area contributed by atoms with Crippen molar-refractivity contribution in [3.05, 3.63) is 51.7 Å². The molecule has 2 aromatic heterocycles. The quantitative estimate of drug-likeness (QED) is 0.836. The highest BCUT2D eigenvalue weighted by atomic mass is 16.2. The van der Waals surface area contributed by atoms with Crippen LogP contribution in [0.1, 0.15) is 16.8 Å². The summed E-state index contributed by atoms with van der Waals surface area (Å²) in [5.74, 6) is 0.566. The maximum Gasteiger partial charge on any atom is 0.317 e. The lowest BCUT2D eigenvalue weighted by Crippen LogP contribution is -2.39. The molecule has 1 aliphatic rings. The summed E-state index contributed by atoms with van der Waals surface area (Å²) in [4.78, 5) is 39.6. The zero-order chi connectivity index (χ0) is 18.5. The molecular weight excluding hydrogens is 332 g/mol. The summed E-state index contributed by atoms with van der Waals surface area (Å²) in [6.07, 6.45) is 5.49. The van der Waals surface area contributed by atoms with Gasteiger partial charge in [0.15, 0.2) is 0 Å². The predicted octanol–water partition coefficient (Wildman–Crippen LogP) is 0.584. The third kappa shape index (κ3) is 4.01. The molecule has 0 saturated carbocycles. The zero-order valence-electron chi connectivity index (χ0n) is 15.2. The number of urea groups is 1. The first kappa shape index (κ1) is 17.9. The van der Waals surface area contributed by atoms with E-state index in [1.54, 1.807) is 24.3 Å². The van der Waals surface area contributed by atoms with Gasteiger partial charge < -0.3 is 15.1 Å². The van der Waals surface area contributed by atoms with Crippen molar-refractivity contribution in [2.75, 3.05) is 38.6 Å². The third-order valence-corrected chi connectivity index (χ3v) is 4.69. The number of pyridine rings is 1. The smallest absolute Gasteiger partial charge is 0.317 e. The number of carbonyl (C=O) groups is 1. The Kier molecular flexibility index (Phi) is 5.50. The van der Waals surface area contributed by atoms with E-state index in [9.17, 15) is 9.59 Å². The van der Waals surface area contributed by atoms with Crippen molar-refractivity contribution >= 4 is 12.0 Å². The fraction of sp³-hybridized carbons (Fsp3) is 0.444. The van der Waals surface area contributed by atoms with Gasteiger partial charge in [0, 0.05) is 58.1 Å². The van der Waals surface area contributed by atoms with Gasteiger partial charge in [-0.05, 0) is 30.5 Å². The number of hydrogen-bond donors (Lipinski definition) is 2. The molecule has 2 amide bonds. The maximum absolute atomic E-state index is 12.5. The van der Waals surface area contributed by atoms with Crippen molar-refractivity contribution in [1.82, 2.24) is 25.2 Å². The fourth-order valence-electron chi connectivity index (χ4n) is 3.09. The van der Waals surface area contributed by atoms with Gasteiger partial charge in [0.25, 0.3) is 5.56 Å². The minimum absolute atomic E-state index is 0.112. The molecule has 0 unspecified atom stereocenters. The molecule has 0 atom stereocenters. The first-order valence-electron chi connectivity index (χ1n) is 8.77. The highest BCUT2D eigenvalue weighted by Gasteiger charge is 2.21. The number of H-pyrrole nitrogens is 1. The van der Waals surface area contributed by atoms with Gasteiger partial charge in [0.05, 0.1) is 5.69 Å². The minimum Gasteiger partial charge on any atom is -0.345 e. The van der Waals surface area contributed by atoms with Gasteiger partial charge >= 0.3 is 6.03 Å². The molecule has 1 aliphatic heterocycles. The Balaban J connectivity index is 1.73. The van der Waals surface area contributed by atoms with Crippen LogP contribution in [-0.4, -0.2) is 59.6 Å². The average Bonchev–Trinajstić information content (AvgIpc) is 2.89. The van der Waals surface area contributed by atoms with Crippen molar-refractivity contribution in [3.63, 3.8) is 0 Å². The van der Waals surface area contributed by atoms with E-state index in [4.69, 9.17) is 0 Å². The van der Waals surface area contributed by atoms with Gasteiger partial charge in [-0.2, -0.15) is 0 Å². The predicted molar refractivity (Wildman–Crippen MR) is 99.5 cm³/mol.